The van der Waals surface area contributed by atoms with Gasteiger partial charge in [-0.2, -0.15) is 5.10 Å². The van der Waals surface area contributed by atoms with E-state index in [1.165, 1.54) is 11.4 Å². The lowest BCUT2D eigenvalue weighted by Gasteiger charge is -2.27. The van der Waals surface area contributed by atoms with Gasteiger partial charge in [-0.25, -0.2) is 0 Å². The number of rotatable bonds is 7. The first kappa shape index (κ1) is 15.0. The van der Waals surface area contributed by atoms with Gasteiger partial charge in [0.25, 0.3) is 0 Å². The Bertz CT molecular complexity index is 370. The third kappa shape index (κ3) is 3.25. The summed E-state index contributed by atoms with van der Waals surface area (Å²) in [4.78, 5) is 2.34. The minimum absolute atomic E-state index is 0.532. The summed E-state index contributed by atoms with van der Waals surface area (Å²) in [5.41, 5.74) is 2.46. The van der Waals surface area contributed by atoms with Crippen LogP contribution in [0.15, 0.2) is 0 Å². The standard InChI is InChI=1S/C14H28N4/c1-7-9-15-10-13-12(4)16-18(6)14(13)17(5)11(3)8-2/h11,15H,7-10H2,1-6H3. The van der Waals surface area contributed by atoms with Crippen LogP contribution in [0.5, 0.6) is 0 Å². The van der Waals surface area contributed by atoms with Crippen molar-refractivity contribution in [2.24, 2.45) is 7.05 Å². The molecule has 0 aliphatic rings. The van der Waals surface area contributed by atoms with E-state index >= 15 is 0 Å². The molecule has 0 aliphatic carbocycles. The maximum Gasteiger partial charge on any atom is 0.131 e. The predicted molar refractivity (Wildman–Crippen MR) is 78.1 cm³/mol. The molecule has 0 amide bonds. The molecule has 0 saturated heterocycles. The lowest BCUT2D eigenvalue weighted by molar-refractivity contribution is 0.621. The summed E-state index contributed by atoms with van der Waals surface area (Å²) in [6.07, 6.45) is 2.30. The first-order valence-electron chi connectivity index (χ1n) is 6.98. The largest absolute Gasteiger partial charge is 0.357 e. The van der Waals surface area contributed by atoms with Crippen LogP contribution in [0.2, 0.25) is 0 Å². The van der Waals surface area contributed by atoms with Crippen LogP contribution in [-0.4, -0.2) is 29.4 Å². The third-order valence-corrected chi connectivity index (χ3v) is 3.63. The van der Waals surface area contributed by atoms with Crippen molar-refractivity contribution in [2.45, 2.75) is 53.1 Å². The second-order valence-corrected chi connectivity index (χ2v) is 5.06. The molecule has 1 aromatic heterocycles. The van der Waals surface area contributed by atoms with Crippen molar-refractivity contribution in [3.05, 3.63) is 11.3 Å². The van der Waals surface area contributed by atoms with Gasteiger partial charge in [0.1, 0.15) is 5.82 Å². The number of aromatic nitrogens is 2. The second-order valence-electron chi connectivity index (χ2n) is 5.06. The number of hydrogen-bond acceptors (Lipinski definition) is 3. The maximum absolute atomic E-state index is 4.56. The smallest absolute Gasteiger partial charge is 0.131 e. The molecule has 0 bridgehead atoms. The second kappa shape index (κ2) is 6.78. The first-order valence-corrected chi connectivity index (χ1v) is 6.98. The summed E-state index contributed by atoms with van der Waals surface area (Å²) < 4.78 is 2.00. The molecule has 1 rings (SSSR count). The number of hydrogen-bond donors (Lipinski definition) is 1. The Morgan fingerprint density at radius 3 is 2.61 bits per heavy atom. The van der Waals surface area contributed by atoms with Gasteiger partial charge in [0.15, 0.2) is 0 Å². The highest BCUT2D eigenvalue weighted by atomic mass is 15.4. The number of nitrogens with zero attached hydrogens (tertiary/aromatic N) is 3. The van der Waals surface area contributed by atoms with Crippen molar-refractivity contribution in [2.75, 3.05) is 18.5 Å². The van der Waals surface area contributed by atoms with Crippen molar-refractivity contribution in [1.82, 2.24) is 15.1 Å². The third-order valence-electron chi connectivity index (χ3n) is 3.63. The fourth-order valence-electron chi connectivity index (χ4n) is 2.21. The van der Waals surface area contributed by atoms with Crippen LogP contribution in [0.4, 0.5) is 5.82 Å². The van der Waals surface area contributed by atoms with Crippen LogP contribution in [-0.2, 0) is 13.6 Å². The molecule has 1 heterocycles. The van der Waals surface area contributed by atoms with Gasteiger partial charge in [0, 0.05) is 32.2 Å². The van der Waals surface area contributed by atoms with E-state index in [-0.39, 0.29) is 0 Å². The summed E-state index contributed by atoms with van der Waals surface area (Å²) in [5.74, 6) is 1.24. The lowest BCUT2D eigenvalue weighted by Crippen LogP contribution is -2.31. The Hall–Kier alpha value is -1.03. The van der Waals surface area contributed by atoms with E-state index in [4.69, 9.17) is 0 Å². The Labute approximate surface area is 111 Å². The van der Waals surface area contributed by atoms with E-state index in [1.54, 1.807) is 0 Å². The Morgan fingerprint density at radius 2 is 2.06 bits per heavy atom. The SMILES string of the molecule is CCCNCc1c(C)nn(C)c1N(C)C(C)CC. The van der Waals surface area contributed by atoms with Crippen LogP contribution in [0.1, 0.15) is 44.9 Å². The van der Waals surface area contributed by atoms with Gasteiger partial charge in [-0.1, -0.05) is 13.8 Å². The number of anilines is 1. The van der Waals surface area contributed by atoms with Crippen LogP contribution in [0.3, 0.4) is 0 Å². The average Bonchev–Trinajstić information content (AvgIpc) is 2.62. The molecule has 1 atom stereocenters. The zero-order valence-electron chi connectivity index (χ0n) is 12.7. The molecule has 0 saturated carbocycles. The Kier molecular flexibility index (Phi) is 5.66. The van der Waals surface area contributed by atoms with Crippen molar-refractivity contribution in [3.63, 3.8) is 0 Å². The maximum atomic E-state index is 4.56. The number of aryl methyl sites for hydroxylation is 2. The molecule has 0 fully saturated rings. The normalized spacial score (nSPS) is 12.8. The van der Waals surface area contributed by atoms with E-state index in [0.29, 0.717) is 6.04 Å². The first-order chi connectivity index (χ1) is 8.52. The highest BCUT2D eigenvalue weighted by Gasteiger charge is 2.19. The van der Waals surface area contributed by atoms with Crippen molar-refractivity contribution in [3.8, 4) is 0 Å². The zero-order chi connectivity index (χ0) is 13.7. The minimum Gasteiger partial charge on any atom is -0.357 e. The van der Waals surface area contributed by atoms with Crippen molar-refractivity contribution >= 4 is 5.82 Å². The van der Waals surface area contributed by atoms with E-state index in [1.807, 2.05) is 11.7 Å². The summed E-state index contributed by atoms with van der Waals surface area (Å²) >= 11 is 0. The molecular formula is C14H28N4. The molecule has 0 aromatic carbocycles. The van der Waals surface area contributed by atoms with Crippen molar-refractivity contribution in [1.29, 1.82) is 0 Å². The average molecular weight is 252 g/mol. The molecule has 18 heavy (non-hydrogen) atoms. The molecule has 1 unspecified atom stereocenters. The van der Waals surface area contributed by atoms with Gasteiger partial charge in [-0.3, -0.25) is 4.68 Å². The molecule has 1 N–H and O–H groups in total. The van der Waals surface area contributed by atoms with Crippen LogP contribution >= 0.6 is 0 Å². The monoisotopic (exact) mass is 252 g/mol. The lowest BCUT2D eigenvalue weighted by atomic mass is 10.2. The van der Waals surface area contributed by atoms with E-state index in [2.05, 4.69) is 50.1 Å². The van der Waals surface area contributed by atoms with Crippen LogP contribution < -0.4 is 10.2 Å². The highest BCUT2D eigenvalue weighted by molar-refractivity contribution is 5.50. The molecule has 104 valence electrons. The zero-order valence-corrected chi connectivity index (χ0v) is 12.7. The molecule has 0 radical (unpaired) electrons. The van der Waals surface area contributed by atoms with Crippen LogP contribution in [0.25, 0.3) is 0 Å². The predicted octanol–water partition coefficient (Wildman–Crippen LogP) is 2.46. The molecular weight excluding hydrogens is 224 g/mol. The quantitative estimate of drug-likeness (QED) is 0.757. The van der Waals surface area contributed by atoms with Gasteiger partial charge < -0.3 is 10.2 Å². The summed E-state index contributed by atoms with van der Waals surface area (Å²) in [6.45, 7) is 10.7. The molecule has 0 aliphatic heterocycles. The molecule has 4 nitrogen and oxygen atoms in total. The topological polar surface area (TPSA) is 33.1 Å². The van der Waals surface area contributed by atoms with Gasteiger partial charge in [-0.15, -0.1) is 0 Å². The molecule has 1 aromatic rings. The Balaban J connectivity index is 2.94. The summed E-state index contributed by atoms with van der Waals surface area (Å²) in [5, 5.41) is 8.04. The fourth-order valence-corrected chi connectivity index (χ4v) is 2.21. The molecule has 0 spiro atoms. The summed E-state index contributed by atoms with van der Waals surface area (Å²) in [7, 11) is 4.19. The number of nitrogens with one attached hydrogen (secondary N) is 1. The highest BCUT2D eigenvalue weighted by Crippen LogP contribution is 2.24. The van der Waals surface area contributed by atoms with E-state index < -0.39 is 0 Å². The Morgan fingerprint density at radius 1 is 1.39 bits per heavy atom. The van der Waals surface area contributed by atoms with Gasteiger partial charge >= 0.3 is 0 Å². The van der Waals surface area contributed by atoms with E-state index in [0.717, 1.165) is 31.6 Å². The van der Waals surface area contributed by atoms with Crippen LogP contribution in [0, 0.1) is 6.92 Å². The van der Waals surface area contributed by atoms with E-state index in [9.17, 15) is 0 Å². The van der Waals surface area contributed by atoms with Crippen molar-refractivity contribution < 1.29 is 0 Å². The molecule has 4 heteroatoms. The van der Waals surface area contributed by atoms with Gasteiger partial charge in [-0.05, 0) is 33.2 Å². The summed E-state index contributed by atoms with van der Waals surface area (Å²) in [6, 6.07) is 0.532. The van der Waals surface area contributed by atoms with Gasteiger partial charge in [0.2, 0.25) is 0 Å². The fraction of sp³-hybridized carbons (Fsp3) is 0.786. The minimum atomic E-state index is 0.532. The van der Waals surface area contributed by atoms with Gasteiger partial charge in [0.05, 0.1) is 5.69 Å².